The SMILES string of the molecule is O=C(O)C(F)(F)F.O=C(O)C(F)(F)F.O=C(O)C(F)(F)F.c1ccc(CO[C@H]2CC[C@H]3[C@H]2OCCN3Cc2cccnc2)nc1. The van der Waals surface area contributed by atoms with E-state index in [0.29, 0.717) is 12.6 Å². The van der Waals surface area contributed by atoms with Crippen LogP contribution in [0.25, 0.3) is 0 Å². The molecule has 3 atom stereocenters. The molecule has 0 amide bonds. The van der Waals surface area contributed by atoms with Crippen LogP contribution >= 0.6 is 0 Å². The summed E-state index contributed by atoms with van der Waals surface area (Å²) in [4.78, 5) is 37.8. The van der Waals surface area contributed by atoms with Crippen molar-refractivity contribution in [2.75, 3.05) is 13.2 Å². The van der Waals surface area contributed by atoms with E-state index in [2.05, 4.69) is 20.9 Å². The Morgan fingerprint density at radius 3 is 1.84 bits per heavy atom. The molecule has 11 nitrogen and oxygen atoms in total. The number of morpholine rings is 1. The van der Waals surface area contributed by atoms with Gasteiger partial charge in [0.2, 0.25) is 0 Å². The molecule has 252 valence electrons. The number of carboxylic acid groups (broad SMARTS) is 3. The number of carboxylic acids is 3. The lowest BCUT2D eigenvalue weighted by Gasteiger charge is -2.39. The summed E-state index contributed by atoms with van der Waals surface area (Å²) in [5, 5.41) is 21.4. The van der Waals surface area contributed by atoms with E-state index < -0.39 is 36.4 Å². The summed E-state index contributed by atoms with van der Waals surface area (Å²) in [7, 11) is 0. The smallest absolute Gasteiger partial charge is 0.475 e. The predicted octanol–water partition coefficient (Wildman–Crippen LogP) is 4.33. The molecule has 0 bridgehead atoms. The minimum Gasteiger partial charge on any atom is -0.475 e. The van der Waals surface area contributed by atoms with Crippen LogP contribution in [-0.2, 0) is 37.0 Å². The Bertz CT molecular complexity index is 1140. The fourth-order valence-corrected chi connectivity index (χ4v) is 3.77. The Hall–Kier alpha value is -4.04. The number of hydrogen-bond acceptors (Lipinski definition) is 8. The van der Waals surface area contributed by atoms with Crippen molar-refractivity contribution in [2.24, 2.45) is 0 Å². The Morgan fingerprint density at radius 2 is 1.40 bits per heavy atom. The van der Waals surface area contributed by atoms with Gasteiger partial charge in [-0.3, -0.25) is 14.9 Å². The van der Waals surface area contributed by atoms with Gasteiger partial charge >= 0.3 is 36.4 Å². The second-order valence-corrected chi connectivity index (χ2v) is 8.89. The van der Waals surface area contributed by atoms with Crippen LogP contribution in [0.1, 0.15) is 24.1 Å². The molecule has 2 aliphatic rings. The van der Waals surface area contributed by atoms with Gasteiger partial charge in [-0.25, -0.2) is 14.4 Å². The normalized spacial score (nSPS) is 19.7. The average Bonchev–Trinajstić information content (AvgIpc) is 3.37. The first-order chi connectivity index (χ1) is 20.7. The van der Waals surface area contributed by atoms with E-state index in [0.717, 1.165) is 38.2 Å². The maximum Gasteiger partial charge on any atom is 0.490 e. The molecule has 2 fully saturated rings. The number of fused-ring (bicyclic) bond motifs is 1. The van der Waals surface area contributed by atoms with E-state index in [1.54, 1.807) is 0 Å². The Kier molecular flexibility index (Phi) is 15.1. The van der Waals surface area contributed by atoms with Crippen molar-refractivity contribution in [3.63, 3.8) is 0 Å². The third-order valence-corrected chi connectivity index (χ3v) is 5.66. The molecular weight excluding hydrogens is 641 g/mol. The van der Waals surface area contributed by atoms with Gasteiger partial charge in [-0.1, -0.05) is 12.1 Å². The third-order valence-electron chi connectivity index (χ3n) is 5.66. The van der Waals surface area contributed by atoms with Gasteiger partial charge in [0.25, 0.3) is 0 Å². The molecule has 1 saturated heterocycles. The zero-order valence-corrected chi connectivity index (χ0v) is 22.7. The number of nitrogens with zero attached hydrogens (tertiary/aromatic N) is 3. The lowest BCUT2D eigenvalue weighted by Crippen LogP contribution is -2.51. The lowest BCUT2D eigenvalue weighted by molar-refractivity contribution is -0.193. The standard InChI is InChI=1S/C19H23N3O2.3C2HF3O2/c1-2-9-21-16(5-1)14-24-18-7-6-17-19(18)23-11-10-22(17)13-15-4-3-8-20-12-15;3*3-2(4,5)1(6)7/h1-5,8-9,12,17-19H,6-7,10-11,13-14H2;3*(H,6,7)/t17-,18-,19+;;;/m0.../s1. The Balaban J connectivity index is 0.000000396. The molecule has 0 unspecified atom stereocenters. The molecule has 4 rings (SSSR count). The highest BCUT2D eigenvalue weighted by atomic mass is 19.4. The number of pyridine rings is 2. The van der Waals surface area contributed by atoms with Gasteiger partial charge in [-0.05, 0) is 36.6 Å². The number of hydrogen-bond donors (Lipinski definition) is 3. The highest BCUT2D eigenvalue weighted by Gasteiger charge is 2.43. The van der Waals surface area contributed by atoms with Crippen LogP contribution in [0.15, 0.2) is 48.9 Å². The summed E-state index contributed by atoms with van der Waals surface area (Å²) in [6, 6.07) is 10.5. The van der Waals surface area contributed by atoms with Crippen molar-refractivity contribution in [2.45, 2.75) is 62.8 Å². The fourth-order valence-electron chi connectivity index (χ4n) is 3.77. The van der Waals surface area contributed by atoms with Crippen LogP contribution < -0.4 is 0 Å². The van der Waals surface area contributed by atoms with Gasteiger partial charge in [-0.2, -0.15) is 39.5 Å². The summed E-state index contributed by atoms with van der Waals surface area (Å²) < 4.78 is 107. The summed E-state index contributed by atoms with van der Waals surface area (Å²) >= 11 is 0. The minimum absolute atomic E-state index is 0.161. The van der Waals surface area contributed by atoms with Crippen molar-refractivity contribution >= 4 is 17.9 Å². The fraction of sp³-hybridized carbons (Fsp3) is 0.480. The highest BCUT2D eigenvalue weighted by molar-refractivity contribution is 5.73. The van der Waals surface area contributed by atoms with E-state index in [9.17, 15) is 39.5 Å². The molecule has 0 spiro atoms. The predicted molar refractivity (Wildman–Crippen MR) is 131 cm³/mol. The molecule has 0 radical (unpaired) electrons. The second-order valence-electron chi connectivity index (χ2n) is 8.89. The average molecular weight is 667 g/mol. The van der Waals surface area contributed by atoms with Gasteiger partial charge in [0.05, 0.1) is 31.1 Å². The van der Waals surface area contributed by atoms with Crippen LogP contribution in [0.2, 0.25) is 0 Å². The quantitative estimate of drug-likeness (QED) is 0.390. The molecule has 2 aromatic heterocycles. The minimum atomic E-state index is -5.08. The van der Waals surface area contributed by atoms with Gasteiger partial charge in [-0.15, -0.1) is 0 Å². The monoisotopic (exact) mass is 667 g/mol. The van der Waals surface area contributed by atoms with Crippen LogP contribution in [0, 0.1) is 0 Å². The van der Waals surface area contributed by atoms with E-state index >= 15 is 0 Å². The van der Waals surface area contributed by atoms with Crippen molar-refractivity contribution in [3.8, 4) is 0 Å². The number of aliphatic carboxylic acids is 3. The Morgan fingerprint density at radius 1 is 0.844 bits per heavy atom. The van der Waals surface area contributed by atoms with E-state index in [1.165, 1.54) is 5.56 Å². The molecule has 20 heteroatoms. The maximum absolute atomic E-state index is 10.6. The zero-order valence-electron chi connectivity index (χ0n) is 22.7. The molecule has 2 aromatic rings. The number of alkyl halides is 9. The maximum atomic E-state index is 10.6. The van der Waals surface area contributed by atoms with Crippen molar-refractivity contribution in [1.82, 2.24) is 14.9 Å². The van der Waals surface area contributed by atoms with E-state index in [-0.39, 0.29) is 12.2 Å². The Labute approximate surface area is 248 Å². The molecular formula is C25H26F9N3O8. The topological polar surface area (TPSA) is 159 Å². The first-order valence-electron chi connectivity index (χ1n) is 12.4. The molecule has 45 heavy (non-hydrogen) atoms. The summed E-state index contributed by atoms with van der Waals surface area (Å²) in [5.74, 6) is -8.27. The van der Waals surface area contributed by atoms with E-state index in [1.807, 2.05) is 42.9 Å². The zero-order chi connectivity index (χ0) is 34.4. The third kappa shape index (κ3) is 15.0. The molecule has 1 saturated carbocycles. The number of rotatable bonds is 5. The van der Waals surface area contributed by atoms with Gasteiger partial charge in [0.15, 0.2) is 0 Å². The number of carbonyl (C=O) groups is 3. The highest BCUT2D eigenvalue weighted by Crippen LogP contribution is 2.33. The molecule has 1 aliphatic carbocycles. The largest absolute Gasteiger partial charge is 0.490 e. The van der Waals surface area contributed by atoms with E-state index in [4.69, 9.17) is 39.2 Å². The summed E-state index contributed by atoms with van der Waals surface area (Å²) in [5.41, 5.74) is 2.24. The van der Waals surface area contributed by atoms with Crippen molar-refractivity contribution in [1.29, 1.82) is 0 Å². The second kappa shape index (κ2) is 17.4. The van der Waals surface area contributed by atoms with Gasteiger partial charge in [0, 0.05) is 37.7 Å². The number of aromatic nitrogens is 2. The first kappa shape index (κ1) is 39.0. The van der Waals surface area contributed by atoms with Crippen LogP contribution in [0.3, 0.4) is 0 Å². The van der Waals surface area contributed by atoms with Crippen LogP contribution in [0.5, 0.6) is 0 Å². The summed E-state index contributed by atoms with van der Waals surface area (Å²) in [6.45, 7) is 3.24. The summed E-state index contributed by atoms with van der Waals surface area (Å²) in [6.07, 6.45) is -7.17. The van der Waals surface area contributed by atoms with Crippen molar-refractivity contribution in [3.05, 3.63) is 60.2 Å². The van der Waals surface area contributed by atoms with Gasteiger partial charge in [0.1, 0.15) is 0 Å². The molecule has 3 N–H and O–H groups in total. The van der Waals surface area contributed by atoms with Gasteiger partial charge < -0.3 is 24.8 Å². The number of ether oxygens (including phenoxy) is 2. The molecule has 3 heterocycles. The van der Waals surface area contributed by atoms with Crippen LogP contribution in [-0.4, -0.2) is 98.0 Å². The van der Waals surface area contributed by atoms with Crippen molar-refractivity contribution < 1.29 is 78.7 Å². The number of halogens is 9. The van der Waals surface area contributed by atoms with Crippen LogP contribution in [0.4, 0.5) is 39.5 Å². The lowest BCUT2D eigenvalue weighted by atomic mass is 10.1. The molecule has 1 aliphatic heterocycles. The first-order valence-corrected chi connectivity index (χ1v) is 12.4. The molecule has 0 aromatic carbocycles.